The van der Waals surface area contributed by atoms with E-state index in [-0.39, 0.29) is 0 Å². The average Bonchev–Trinajstić information content (AvgIpc) is 2.32. The molecule has 0 aromatic carbocycles. The molecule has 3 heteroatoms. The molecule has 0 aliphatic heterocycles. The molecule has 0 spiro atoms. The predicted molar refractivity (Wildman–Crippen MR) is 76.7 cm³/mol. The zero-order valence-corrected chi connectivity index (χ0v) is 12.7. The van der Waals surface area contributed by atoms with Crippen LogP contribution in [0, 0.1) is 6.92 Å². The highest BCUT2D eigenvalue weighted by atomic mass is 35.5. The van der Waals surface area contributed by atoms with Crippen LogP contribution in [0.2, 0.25) is 5.02 Å². The van der Waals surface area contributed by atoms with Gasteiger partial charge in [0.15, 0.2) is 0 Å². The Labute approximate surface area is 111 Å². The van der Waals surface area contributed by atoms with Crippen LogP contribution < -0.4 is 0 Å². The lowest BCUT2D eigenvalue weighted by Crippen LogP contribution is -2.20. The molecule has 1 rings (SSSR count). The van der Waals surface area contributed by atoms with Gasteiger partial charge in [-0.25, -0.2) is 0 Å². The number of halogens is 1. The summed E-state index contributed by atoms with van der Waals surface area (Å²) in [4.78, 5) is 6.40. The largest absolute Gasteiger partial charge is 0.302 e. The van der Waals surface area contributed by atoms with Gasteiger partial charge in [0, 0.05) is 18.4 Å². The summed E-state index contributed by atoms with van der Waals surface area (Å²) >= 11 is 6.08. The second-order valence-electron chi connectivity index (χ2n) is 4.10. The number of hydrogen-bond acceptors (Lipinski definition) is 2. The molecule has 1 aromatic heterocycles. The van der Waals surface area contributed by atoms with E-state index in [1.165, 1.54) is 5.56 Å². The van der Waals surface area contributed by atoms with Crippen LogP contribution in [0.25, 0.3) is 0 Å². The maximum Gasteiger partial charge on any atom is 0.0621 e. The Morgan fingerprint density at radius 3 is 2.35 bits per heavy atom. The first-order chi connectivity index (χ1) is 8.07. The molecule has 1 heterocycles. The molecule has 1 aromatic rings. The van der Waals surface area contributed by atoms with E-state index in [0.717, 1.165) is 23.4 Å². The van der Waals surface area contributed by atoms with Gasteiger partial charge in [-0.05, 0) is 38.6 Å². The summed E-state index contributed by atoms with van der Waals surface area (Å²) in [5, 5.41) is 0.760. The van der Waals surface area contributed by atoms with E-state index in [2.05, 4.69) is 37.8 Å². The summed E-state index contributed by atoms with van der Waals surface area (Å²) in [6.45, 7) is 8.26. The fraction of sp³-hybridized carbons (Fsp3) is 0.643. The van der Waals surface area contributed by atoms with E-state index in [1.54, 1.807) is 6.20 Å². The van der Waals surface area contributed by atoms with Crippen LogP contribution in [0.15, 0.2) is 12.4 Å². The van der Waals surface area contributed by atoms with Gasteiger partial charge < -0.3 is 4.90 Å². The van der Waals surface area contributed by atoms with E-state index in [1.807, 2.05) is 20.0 Å². The minimum Gasteiger partial charge on any atom is -0.302 e. The molecule has 0 saturated heterocycles. The van der Waals surface area contributed by atoms with Gasteiger partial charge in [-0.1, -0.05) is 38.8 Å². The van der Waals surface area contributed by atoms with Gasteiger partial charge in [0.25, 0.3) is 0 Å². The fourth-order valence-corrected chi connectivity index (χ4v) is 1.98. The van der Waals surface area contributed by atoms with Crippen LogP contribution in [0.3, 0.4) is 0 Å². The van der Waals surface area contributed by atoms with Crippen LogP contribution in [0.5, 0.6) is 0 Å². The van der Waals surface area contributed by atoms with Gasteiger partial charge >= 0.3 is 0 Å². The predicted octanol–water partition coefficient (Wildman–Crippen LogP) is 4.47. The highest BCUT2D eigenvalue weighted by molar-refractivity contribution is 6.31. The summed E-state index contributed by atoms with van der Waals surface area (Å²) < 4.78 is 0. The Bertz CT molecular complexity index is 324. The normalized spacial score (nSPS) is 12.0. The Balaban J connectivity index is 0.00000121. The second kappa shape index (κ2) is 8.48. The minimum atomic E-state index is 0.418. The first kappa shape index (κ1) is 16.4. The van der Waals surface area contributed by atoms with Crippen molar-refractivity contribution in [3.63, 3.8) is 0 Å². The van der Waals surface area contributed by atoms with Gasteiger partial charge in [0.2, 0.25) is 0 Å². The fourth-order valence-electron chi connectivity index (χ4n) is 1.82. The highest BCUT2D eigenvalue weighted by Crippen LogP contribution is 2.28. The SMILES string of the molecule is CC.CCC[C@@H](c1cncc(Cl)c1C)N(C)C. The molecule has 0 saturated carbocycles. The van der Waals surface area contributed by atoms with E-state index >= 15 is 0 Å². The van der Waals surface area contributed by atoms with E-state index in [4.69, 9.17) is 11.6 Å². The first-order valence-corrected chi connectivity index (χ1v) is 6.72. The van der Waals surface area contributed by atoms with Crippen molar-refractivity contribution < 1.29 is 0 Å². The molecule has 1 atom stereocenters. The van der Waals surface area contributed by atoms with Gasteiger partial charge in [0.05, 0.1) is 5.02 Å². The molecule has 0 unspecified atom stereocenters. The monoisotopic (exact) mass is 256 g/mol. The standard InChI is InChI=1S/C12H19ClN2.C2H6/c1-5-6-12(15(3)4)10-7-14-8-11(13)9(10)2;1-2/h7-8,12H,5-6H2,1-4H3;1-2H3/t12-;/m0./s1. The lowest BCUT2D eigenvalue weighted by molar-refractivity contribution is 0.280. The van der Waals surface area contributed by atoms with Crippen molar-refractivity contribution in [2.24, 2.45) is 0 Å². The van der Waals surface area contributed by atoms with Crippen molar-refractivity contribution in [2.75, 3.05) is 14.1 Å². The molecular formula is C14H25ClN2. The Hall–Kier alpha value is -0.600. The van der Waals surface area contributed by atoms with Gasteiger partial charge in [-0.3, -0.25) is 4.98 Å². The van der Waals surface area contributed by atoms with Crippen LogP contribution in [-0.2, 0) is 0 Å². The number of nitrogens with zero attached hydrogens (tertiary/aromatic N) is 2. The number of pyridine rings is 1. The zero-order chi connectivity index (χ0) is 13.4. The van der Waals surface area contributed by atoms with Crippen LogP contribution >= 0.6 is 11.6 Å². The van der Waals surface area contributed by atoms with Crippen molar-refractivity contribution in [1.29, 1.82) is 0 Å². The summed E-state index contributed by atoms with van der Waals surface area (Å²) in [5.74, 6) is 0. The van der Waals surface area contributed by atoms with E-state index in [0.29, 0.717) is 6.04 Å². The quantitative estimate of drug-likeness (QED) is 0.790. The zero-order valence-electron chi connectivity index (χ0n) is 11.9. The van der Waals surface area contributed by atoms with Crippen LogP contribution in [-0.4, -0.2) is 24.0 Å². The lowest BCUT2D eigenvalue weighted by Gasteiger charge is -2.25. The van der Waals surface area contributed by atoms with Crippen molar-refractivity contribution in [3.05, 3.63) is 28.5 Å². The summed E-state index contributed by atoms with van der Waals surface area (Å²) in [6.07, 6.45) is 5.94. The molecule has 0 aliphatic rings. The molecular weight excluding hydrogens is 232 g/mol. The number of hydrogen-bond donors (Lipinski definition) is 0. The summed E-state index contributed by atoms with van der Waals surface area (Å²) in [7, 11) is 4.20. The third-order valence-corrected chi connectivity index (χ3v) is 3.12. The Kier molecular flexibility index (Phi) is 8.19. The van der Waals surface area contributed by atoms with Gasteiger partial charge in [-0.15, -0.1) is 0 Å². The maximum absolute atomic E-state index is 6.08. The van der Waals surface area contributed by atoms with Gasteiger partial charge in [-0.2, -0.15) is 0 Å². The number of rotatable bonds is 4. The van der Waals surface area contributed by atoms with Crippen molar-refractivity contribution >= 4 is 11.6 Å². The average molecular weight is 257 g/mol. The molecule has 0 N–H and O–H groups in total. The van der Waals surface area contributed by atoms with Crippen molar-refractivity contribution in [2.45, 2.75) is 46.6 Å². The molecule has 0 bridgehead atoms. The van der Waals surface area contributed by atoms with Crippen LogP contribution in [0.4, 0.5) is 0 Å². The van der Waals surface area contributed by atoms with Gasteiger partial charge in [0.1, 0.15) is 0 Å². The smallest absolute Gasteiger partial charge is 0.0621 e. The lowest BCUT2D eigenvalue weighted by atomic mass is 9.99. The van der Waals surface area contributed by atoms with Crippen LogP contribution in [0.1, 0.15) is 50.8 Å². The number of aromatic nitrogens is 1. The topological polar surface area (TPSA) is 16.1 Å². The maximum atomic E-state index is 6.08. The highest BCUT2D eigenvalue weighted by Gasteiger charge is 2.16. The van der Waals surface area contributed by atoms with Crippen molar-refractivity contribution in [3.8, 4) is 0 Å². The first-order valence-electron chi connectivity index (χ1n) is 6.34. The van der Waals surface area contributed by atoms with Crippen molar-refractivity contribution in [1.82, 2.24) is 9.88 Å². The molecule has 98 valence electrons. The minimum absolute atomic E-state index is 0.418. The van der Waals surface area contributed by atoms with E-state index in [9.17, 15) is 0 Å². The molecule has 0 amide bonds. The molecule has 2 nitrogen and oxygen atoms in total. The second-order valence-corrected chi connectivity index (χ2v) is 4.51. The van der Waals surface area contributed by atoms with E-state index < -0.39 is 0 Å². The summed E-state index contributed by atoms with van der Waals surface area (Å²) in [6, 6.07) is 0.418. The summed E-state index contributed by atoms with van der Waals surface area (Å²) in [5.41, 5.74) is 2.40. The Morgan fingerprint density at radius 1 is 1.29 bits per heavy atom. The molecule has 0 fully saturated rings. The third kappa shape index (κ3) is 4.64. The molecule has 17 heavy (non-hydrogen) atoms. The third-order valence-electron chi connectivity index (χ3n) is 2.74. The Morgan fingerprint density at radius 2 is 1.88 bits per heavy atom. The molecule has 0 aliphatic carbocycles. The molecule has 0 radical (unpaired) electrons.